The van der Waals surface area contributed by atoms with Crippen molar-refractivity contribution in [1.29, 1.82) is 0 Å². The number of rotatable bonds is 7. The van der Waals surface area contributed by atoms with Crippen LogP contribution in [0.15, 0.2) is 28.7 Å². The zero-order chi connectivity index (χ0) is 19.3. The SMILES string of the molecule is CC(C)(C)OC(=O)N[C@@H](CC1CC1)C(=O)OCC(=O)c1ccc(Br)cc1. The lowest BCUT2D eigenvalue weighted by molar-refractivity contribution is -0.145. The number of alkyl carbamates (subject to hydrolysis) is 1. The Labute approximate surface area is 161 Å². The average molecular weight is 426 g/mol. The van der Waals surface area contributed by atoms with Gasteiger partial charge in [-0.25, -0.2) is 9.59 Å². The van der Waals surface area contributed by atoms with Crippen LogP contribution in [-0.4, -0.2) is 36.1 Å². The molecule has 0 spiro atoms. The number of carbonyl (C=O) groups is 3. The third-order valence-corrected chi connectivity index (χ3v) is 4.28. The molecular weight excluding hydrogens is 402 g/mol. The van der Waals surface area contributed by atoms with E-state index in [-0.39, 0.29) is 12.4 Å². The molecule has 1 atom stereocenters. The van der Waals surface area contributed by atoms with Gasteiger partial charge in [0.2, 0.25) is 0 Å². The second kappa shape index (κ2) is 8.66. The number of nitrogens with one attached hydrogen (secondary N) is 1. The topological polar surface area (TPSA) is 81.7 Å². The number of carbonyl (C=O) groups excluding carboxylic acids is 3. The molecule has 1 aliphatic carbocycles. The quantitative estimate of drug-likeness (QED) is 0.529. The van der Waals surface area contributed by atoms with Crippen LogP contribution in [0.2, 0.25) is 0 Å². The number of esters is 1. The van der Waals surface area contributed by atoms with Gasteiger partial charge in [-0.15, -0.1) is 0 Å². The monoisotopic (exact) mass is 425 g/mol. The summed E-state index contributed by atoms with van der Waals surface area (Å²) in [4.78, 5) is 36.4. The van der Waals surface area contributed by atoms with E-state index in [9.17, 15) is 14.4 Å². The van der Waals surface area contributed by atoms with Gasteiger partial charge in [0.05, 0.1) is 0 Å². The summed E-state index contributed by atoms with van der Waals surface area (Å²) in [5, 5.41) is 2.56. The molecule has 1 aromatic rings. The van der Waals surface area contributed by atoms with Gasteiger partial charge in [-0.2, -0.15) is 0 Å². The molecule has 0 aliphatic heterocycles. The van der Waals surface area contributed by atoms with Crippen LogP contribution >= 0.6 is 15.9 Å². The molecule has 0 aromatic heterocycles. The van der Waals surface area contributed by atoms with E-state index >= 15 is 0 Å². The van der Waals surface area contributed by atoms with Gasteiger partial charge in [-0.1, -0.05) is 40.9 Å². The Morgan fingerprint density at radius 2 is 1.81 bits per heavy atom. The van der Waals surface area contributed by atoms with Crippen molar-refractivity contribution in [3.63, 3.8) is 0 Å². The van der Waals surface area contributed by atoms with Crippen molar-refractivity contribution in [3.8, 4) is 0 Å². The third-order valence-electron chi connectivity index (χ3n) is 3.75. The molecule has 0 heterocycles. The first-order valence-electron chi connectivity index (χ1n) is 8.59. The Kier molecular flexibility index (Phi) is 6.81. The van der Waals surface area contributed by atoms with E-state index in [0.29, 0.717) is 17.9 Å². The lowest BCUT2D eigenvalue weighted by Gasteiger charge is -2.22. The Morgan fingerprint density at radius 3 is 2.35 bits per heavy atom. The van der Waals surface area contributed by atoms with E-state index < -0.39 is 23.7 Å². The third kappa shape index (κ3) is 7.15. The summed E-state index contributed by atoms with van der Waals surface area (Å²) < 4.78 is 11.2. The summed E-state index contributed by atoms with van der Waals surface area (Å²) in [6, 6.07) is 5.99. The minimum atomic E-state index is -0.810. The zero-order valence-electron chi connectivity index (χ0n) is 15.2. The zero-order valence-corrected chi connectivity index (χ0v) is 16.8. The Morgan fingerprint density at radius 1 is 1.19 bits per heavy atom. The predicted molar refractivity (Wildman–Crippen MR) is 99.9 cm³/mol. The van der Waals surface area contributed by atoms with Gasteiger partial charge >= 0.3 is 12.1 Å². The highest BCUT2D eigenvalue weighted by atomic mass is 79.9. The molecule has 0 radical (unpaired) electrons. The molecule has 1 fully saturated rings. The molecule has 0 bridgehead atoms. The highest BCUT2D eigenvalue weighted by molar-refractivity contribution is 9.10. The molecule has 1 aromatic carbocycles. The number of hydrogen-bond donors (Lipinski definition) is 1. The fourth-order valence-corrected chi connectivity index (χ4v) is 2.57. The van der Waals surface area contributed by atoms with Gasteiger partial charge in [0.25, 0.3) is 0 Å². The average Bonchev–Trinajstić information content (AvgIpc) is 3.34. The maximum atomic E-state index is 12.3. The molecule has 142 valence electrons. The second-order valence-electron chi connectivity index (χ2n) is 7.42. The van der Waals surface area contributed by atoms with Crippen LogP contribution < -0.4 is 5.32 Å². The largest absolute Gasteiger partial charge is 0.456 e. The number of amides is 1. The van der Waals surface area contributed by atoms with Crippen LogP contribution in [0.3, 0.4) is 0 Å². The Hall–Kier alpha value is -1.89. The first kappa shape index (κ1) is 20.4. The van der Waals surface area contributed by atoms with Crippen LogP contribution in [-0.2, 0) is 14.3 Å². The molecule has 0 saturated heterocycles. The summed E-state index contributed by atoms with van der Waals surface area (Å²) in [7, 11) is 0. The molecule has 26 heavy (non-hydrogen) atoms. The van der Waals surface area contributed by atoms with E-state index in [2.05, 4.69) is 21.2 Å². The molecule has 2 rings (SSSR count). The van der Waals surface area contributed by atoms with Gasteiger partial charge in [0.1, 0.15) is 11.6 Å². The molecule has 7 heteroatoms. The van der Waals surface area contributed by atoms with Gasteiger partial charge in [0, 0.05) is 10.0 Å². The molecule has 1 amide bonds. The maximum Gasteiger partial charge on any atom is 0.408 e. The van der Waals surface area contributed by atoms with Gasteiger partial charge in [-0.05, 0) is 45.2 Å². The lowest BCUT2D eigenvalue weighted by Crippen LogP contribution is -2.44. The van der Waals surface area contributed by atoms with E-state index in [1.54, 1.807) is 45.0 Å². The second-order valence-corrected chi connectivity index (χ2v) is 8.33. The normalized spacial score (nSPS) is 15.1. The van der Waals surface area contributed by atoms with Crippen molar-refractivity contribution < 1.29 is 23.9 Å². The Balaban J connectivity index is 1.90. The van der Waals surface area contributed by atoms with Crippen molar-refractivity contribution in [2.75, 3.05) is 6.61 Å². The molecule has 1 N–H and O–H groups in total. The van der Waals surface area contributed by atoms with Gasteiger partial charge in [0.15, 0.2) is 12.4 Å². The standard InChI is InChI=1S/C19H24BrNO5/c1-19(2,3)26-18(24)21-15(10-12-4-5-12)17(23)25-11-16(22)13-6-8-14(20)9-7-13/h6-9,12,15H,4-5,10-11H2,1-3H3,(H,21,24)/t15-/m0/s1. The van der Waals surface area contributed by atoms with Gasteiger partial charge in [-0.3, -0.25) is 4.79 Å². The van der Waals surface area contributed by atoms with Crippen LogP contribution in [0.1, 0.15) is 50.4 Å². The fourth-order valence-electron chi connectivity index (χ4n) is 2.31. The lowest BCUT2D eigenvalue weighted by atomic mass is 10.1. The van der Waals surface area contributed by atoms with E-state index in [0.717, 1.165) is 17.3 Å². The minimum Gasteiger partial charge on any atom is -0.456 e. The van der Waals surface area contributed by atoms with Gasteiger partial charge < -0.3 is 14.8 Å². The Bertz CT molecular complexity index is 662. The number of Topliss-reactive ketones (excluding diaryl/α,β-unsaturated/α-hetero) is 1. The predicted octanol–water partition coefficient (Wildman–Crippen LogP) is 3.87. The van der Waals surface area contributed by atoms with Crippen molar-refractivity contribution in [2.45, 2.75) is 51.7 Å². The van der Waals surface area contributed by atoms with Crippen molar-refractivity contribution in [2.24, 2.45) is 5.92 Å². The van der Waals surface area contributed by atoms with E-state index in [1.165, 1.54) is 0 Å². The first-order valence-corrected chi connectivity index (χ1v) is 9.38. The van der Waals surface area contributed by atoms with Crippen molar-refractivity contribution >= 4 is 33.8 Å². The first-order chi connectivity index (χ1) is 12.1. The molecule has 6 nitrogen and oxygen atoms in total. The number of halogens is 1. The summed E-state index contributed by atoms with van der Waals surface area (Å²) >= 11 is 3.30. The smallest absolute Gasteiger partial charge is 0.408 e. The van der Waals surface area contributed by atoms with E-state index in [4.69, 9.17) is 9.47 Å². The summed E-state index contributed by atoms with van der Waals surface area (Å²) in [5.74, 6) is -0.522. The highest BCUT2D eigenvalue weighted by Gasteiger charge is 2.32. The van der Waals surface area contributed by atoms with Crippen molar-refractivity contribution in [3.05, 3.63) is 34.3 Å². The summed E-state index contributed by atoms with van der Waals surface area (Å²) in [6.45, 7) is 4.88. The van der Waals surface area contributed by atoms with Crippen LogP contribution in [0.25, 0.3) is 0 Å². The number of benzene rings is 1. The molecule has 1 saturated carbocycles. The maximum absolute atomic E-state index is 12.3. The van der Waals surface area contributed by atoms with E-state index in [1.807, 2.05) is 0 Å². The van der Waals surface area contributed by atoms with Crippen molar-refractivity contribution in [1.82, 2.24) is 5.32 Å². The summed E-state index contributed by atoms with van der Waals surface area (Å²) in [6.07, 6.45) is 1.87. The number of ketones is 1. The van der Waals surface area contributed by atoms with Crippen LogP contribution in [0, 0.1) is 5.92 Å². The molecule has 1 aliphatic rings. The number of ether oxygens (including phenoxy) is 2. The van der Waals surface area contributed by atoms with Crippen LogP contribution in [0.5, 0.6) is 0 Å². The minimum absolute atomic E-state index is 0.298. The number of hydrogen-bond acceptors (Lipinski definition) is 5. The molecule has 0 unspecified atom stereocenters. The van der Waals surface area contributed by atoms with Crippen LogP contribution in [0.4, 0.5) is 4.79 Å². The highest BCUT2D eigenvalue weighted by Crippen LogP contribution is 2.33. The molecular formula is C19H24BrNO5. The summed E-state index contributed by atoms with van der Waals surface area (Å²) in [5.41, 5.74) is -0.199. The fraction of sp³-hybridized carbons (Fsp3) is 0.526.